The standard InChI is InChI=1S/C20H19FN4S/c1-2-24-19(18(23-20(24)26)16-9-3-4-11-22-16)17-10-6-12-25(17)15-8-5-7-14(21)13-15/h3-13,18-19H,2H2,1H3,(H,23,26). The summed E-state index contributed by atoms with van der Waals surface area (Å²) in [5.74, 6) is -0.254. The van der Waals surface area contributed by atoms with Gasteiger partial charge in [0.15, 0.2) is 5.11 Å². The predicted molar refractivity (Wildman–Crippen MR) is 104 cm³/mol. The van der Waals surface area contributed by atoms with Gasteiger partial charge in [-0.25, -0.2) is 4.39 Å². The van der Waals surface area contributed by atoms with Crippen molar-refractivity contribution >= 4 is 17.3 Å². The number of hydrogen-bond acceptors (Lipinski definition) is 2. The van der Waals surface area contributed by atoms with Crippen molar-refractivity contribution in [1.29, 1.82) is 0 Å². The van der Waals surface area contributed by atoms with E-state index >= 15 is 0 Å². The van der Waals surface area contributed by atoms with Crippen LogP contribution in [-0.2, 0) is 0 Å². The molecule has 2 unspecified atom stereocenters. The minimum absolute atomic E-state index is 0.0272. The maximum atomic E-state index is 13.7. The van der Waals surface area contributed by atoms with E-state index in [1.807, 2.05) is 41.1 Å². The average Bonchev–Trinajstić information content (AvgIpc) is 3.26. The van der Waals surface area contributed by atoms with Crippen LogP contribution in [0.5, 0.6) is 0 Å². The molecule has 0 spiro atoms. The number of benzene rings is 1. The molecule has 2 aromatic heterocycles. The summed E-state index contributed by atoms with van der Waals surface area (Å²) in [7, 11) is 0. The number of thiocarbonyl (C=S) groups is 1. The Kier molecular flexibility index (Phi) is 4.42. The highest BCUT2D eigenvalue weighted by Gasteiger charge is 2.40. The minimum atomic E-state index is -0.254. The molecular formula is C20H19FN4S. The van der Waals surface area contributed by atoms with Crippen molar-refractivity contribution in [2.45, 2.75) is 19.0 Å². The summed E-state index contributed by atoms with van der Waals surface area (Å²) in [4.78, 5) is 6.68. The number of halogens is 1. The van der Waals surface area contributed by atoms with Crippen LogP contribution in [0.15, 0.2) is 67.0 Å². The Bertz CT molecular complexity index is 924. The average molecular weight is 366 g/mol. The van der Waals surface area contributed by atoms with Crippen molar-refractivity contribution in [3.63, 3.8) is 0 Å². The van der Waals surface area contributed by atoms with E-state index in [2.05, 4.69) is 28.2 Å². The maximum Gasteiger partial charge on any atom is 0.170 e. The zero-order valence-corrected chi connectivity index (χ0v) is 15.2. The fraction of sp³-hybridized carbons (Fsp3) is 0.200. The van der Waals surface area contributed by atoms with Gasteiger partial charge in [-0.05, 0) is 61.6 Å². The maximum absolute atomic E-state index is 13.7. The Hall–Kier alpha value is -2.73. The number of nitrogens with zero attached hydrogens (tertiary/aromatic N) is 3. The summed E-state index contributed by atoms with van der Waals surface area (Å²) in [6, 6.07) is 16.4. The molecule has 3 aromatic rings. The van der Waals surface area contributed by atoms with E-state index in [0.717, 1.165) is 23.6 Å². The SMILES string of the molecule is CCN1C(=S)NC(c2ccccn2)C1c1cccn1-c1cccc(F)c1. The molecule has 6 heteroatoms. The van der Waals surface area contributed by atoms with Crippen molar-refractivity contribution in [2.75, 3.05) is 6.54 Å². The molecule has 1 aliphatic heterocycles. The fourth-order valence-electron chi connectivity index (χ4n) is 3.56. The molecule has 2 atom stereocenters. The van der Waals surface area contributed by atoms with Gasteiger partial charge in [0.2, 0.25) is 0 Å². The molecule has 1 aliphatic rings. The summed E-state index contributed by atoms with van der Waals surface area (Å²) >= 11 is 5.57. The highest BCUT2D eigenvalue weighted by molar-refractivity contribution is 7.80. The lowest BCUT2D eigenvalue weighted by Gasteiger charge is -2.27. The van der Waals surface area contributed by atoms with Gasteiger partial charge >= 0.3 is 0 Å². The predicted octanol–water partition coefficient (Wildman–Crippen LogP) is 4.00. The van der Waals surface area contributed by atoms with E-state index in [-0.39, 0.29) is 17.9 Å². The fourth-order valence-corrected chi connectivity index (χ4v) is 3.93. The summed E-state index contributed by atoms with van der Waals surface area (Å²) in [6.45, 7) is 2.85. The Labute approximate surface area is 157 Å². The van der Waals surface area contributed by atoms with Crippen LogP contribution in [0.4, 0.5) is 4.39 Å². The van der Waals surface area contributed by atoms with Crippen LogP contribution in [0.1, 0.15) is 30.4 Å². The molecule has 0 radical (unpaired) electrons. The van der Waals surface area contributed by atoms with Crippen LogP contribution < -0.4 is 5.32 Å². The monoisotopic (exact) mass is 366 g/mol. The Morgan fingerprint density at radius 3 is 2.77 bits per heavy atom. The highest BCUT2D eigenvalue weighted by atomic mass is 32.1. The number of nitrogens with one attached hydrogen (secondary N) is 1. The molecule has 4 rings (SSSR count). The lowest BCUT2D eigenvalue weighted by molar-refractivity contribution is 0.321. The van der Waals surface area contributed by atoms with Crippen LogP contribution in [0.2, 0.25) is 0 Å². The molecule has 26 heavy (non-hydrogen) atoms. The molecule has 1 aromatic carbocycles. The number of likely N-dealkylation sites (N-methyl/N-ethyl adjacent to an activating group) is 1. The van der Waals surface area contributed by atoms with E-state index < -0.39 is 0 Å². The number of hydrogen-bond donors (Lipinski definition) is 1. The van der Waals surface area contributed by atoms with Crippen LogP contribution in [0.25, 0.3) is 5.69 Å². The van der Waals surface area contributed by atoms with Gasteiger partial charge in [0.05, 0.1) is 17.8 Å². The molecule has 3 heterocycles. The van der Waals surface area contributed by atoms with Crippen molar-refractivity contribution < 1.29 is 4.39 Å². The molecular weight excluding hydrogens is 347 g/mol. The highest BCUT2D eigenvalue weighted by Crippen LogP contribution is 2.39. The smallest absolute Gasteiger partial charge is 0.170 e. The van der Waals surface area contributed by atoms with Gasteiger partial charge in [0.1, 0.15) is 5.82 Å². The van der Waals surface area contributed by atoms with E-state index in [9.17, 15) is 4.39 Å². The van der Waals surface area contributed by atoms with Crippen LogP contribution in [-0.4, -0.2) is 26.1 Å². The Morgan fingerprint density at radius 2 is 2.04 bits per heavy atom. The Morgan fingerprint density at radius 1 is 1.15 bits per heavy atom. The van der Waals surface area contributed by atoms with Crippen molar-refractivity contribution in [3.8, 4) is 5.69 Å². The van der Waals surface area contributed by atoms with Crippen molar-refractivity contribution in [1.82, 2.24) is 19.8 Å². The van der Waals surface area contributed by atoms with Crippen LogP contribution >= 0.6 is 12.2 Å². The molecule has 0 aliphatic carbocycles. The first-order valence-electron chi connectivity index (χ1n) is 8.60. The lowest BCUT2D eigenvalue weighted by Crippen LogP contribution is -2.30. The molecule has 0 saturated carbocycles. The zero-order valence-electron chi connectivity index (χ0n) is 14.3. The topological polar surface area (TPSA) is 33.1 Å². The summed E-state index contributed by atoms with van der Waals surface area (Å²) < 4.78 is 15.8. The second-order valence-corrected chi connectivity index (χ2v) is 6.58. The van der Waals surface area contributed by atoms with Gasteiger partial charge in [0, 0.05) is 30.3 Å². The quantitative estimate of drug-likeness (QED) is 0.708. The summed E-state index contributed by atoms with van der Waals surface area (Å²) in [5, 5.41) is 4.12. The first-order valence-corrected chi connectivity index (χ1v) is 9.01. The molecule has 1 fully saturated rings. The van der Waals surface area contributed by atoms with Gasteiger partial charge in [-0.15, -0.1) is 0 Å². The number of rotatable bonds is 4. The third kappa shape index (κ3) is 2.86. The zero-order chi connectivity index (χ0) is 18.1. The first-order chi connectivity index (χ1) is 12.7. The van der Waals surface area contributed by atoms with Crippen LogP contribution in [0, 0.1) is 5.82 Å². The third-order valence-electron chi connectivity index (χ3n) is 4.71. The second kappa shape index (κ2) is 6.88. The molecule has 0 amide bonds. The third-order valence-corrected chi connectivity index (χ3v) is 5.06. The van der Waals surface area contributed by atoms with Gasteiger partial charge < -0.3 is 14.8 Å². The van der Waals surface area contributed by atoms with E-state index in [4.69, 9.17) is 12.2 Å². The van der Waals surface area contributed by atoms with Gasteiger partial charge in [-0.1, -0.05) is 12.1 Å². The summed E-state index contributed by atoms with van der Waals surface area (Å²) in [6.07, 6.45) is 3.74. The second-order valence-electron chi connectivity index (χ2n) is 6.20. The number of aromatic nitrogens is 2. The van der Waals surface area contributed by atoms with Crippen LogP contribution in [0.3, 0.4) is 0 Å². The number of pyridine rings is 1. The Balaban J connectivity index is 1.82. The van der Waals surface area contributed by atoms with E-state index in [1.54, 1.807) is 12.3 Å². The van der Waals surface area contributed by atoms with E-state index in [1.165, 1.54) is 12.1 Å². The van der Waals surface area contributed by atoms with E-state index in [0.29, 0.717) is 5.11 Å². The van der Waals surface area contributed by atoms with Crippen molar-refractivity contribution in [3.05, 3.63) is 84.2 Å². The van der Waals surface area contributed by atoms with Gasteiger partial charge in [-0.3, -0.25) is 4.98 Å². The normalized spacial score (nSPS) is 19.6. The van der Waals surface area contributed by atoms with Gasteiger partial charge in [-0.2, -0.15) is 0 Å². The first kappa shape index (κ1) is 16.7. The molecule has 1 saturated heterocycles. The lowest BCUT2D eigenvalue weighted by atomic mass is 10.0. The molecule has 1 N–H and O–H groups in total. The summed E-state index contributed by atoms with van der Waals surface area (Å²) in [5.41, 5.74) is 2.77. The van der Waals surface area contributed by atoms with Crippen molar-refractivity contribution in [2.24, 2.45) is 0 Å². The molecule has 132 valence electrons. The largest absolute Gasteiger partial charge is 0.352 e. The molecule has 0 bridgehead atoms. The minimum Gasteiger partial charge on any atom is -0.352 e. The van der Waals surface area contributed by atoms with Gasteiger partial charge in [0.25, 0.3) is 0 Å². The molecule has 4 nitrogen and oxygen atoms in total.